The summed E-state index contributed by atoms with van der Waals surface area (Å²) in [6, 6.07) is 14.0. The second-order valence-electron chi connectivity index (χ2n) is 4.35. The van der Waals surface area contributed by atoms with Gasteiger partial charge in [-0.2, -0.15) is 0 Å². The van der Waals surface area contributed by atoms with Crippen molar-refractivity contribution in [3.05, 3.63) is 54.6 Å². The van der Waals surface area contributed by atoms with E-state index in [0.717, 1.165) is 27.4 Å². The molecule has 2 heteroatoms. The molecule has 0 N–H and O–H groups in total. The number of rotatable bonds is 1. The Morgan fingerprint density at radius 1 is 1.11 bits per heavy atom. The van der Waals surface area contributed by atoms with E-state index in [0.29, 0.717) is 0 Å². The number of nitrogens with zero attached hydrogens (tertiary/aromatic N) is 1. The van der Waals surface area contributed by atoms with Crippen molar-refractivity contribution in [1.29, 1.82) is 0 Å². The number of carbonyl (C=O) groups is 1. The number of benzene rings is 2. The van der Waals surface area contributed by atoms with Crippen molar-refractivity contribution < 1.29 is 4.79 Å². The molecule has 0 saturated carbocycles. The number of aromatic nitrogens is 1. The summed E-state index contributed by atoms with van der Waals surface area (Å²) in [5, 5.41) is 2.20. The van der Waals surface area contributed by atoms with Gasteiger partial charge in [0.25, 0.3) is 0 Å². The maximum Gasteiger partial charge on any atom is 0.228 e. The normalized spacial score (nSPS) is 10.9. The van der Waals surface area contributed by atoms with Crippen molar-refractivity contribution in [3.8, 4) is 0 Å². The van der Waals surface area contributed by atoms with Crippen LogP contribution in [0.25, 0.3) is 27.9 Å². The second-order valence-corrected chi connectivity index (χ2v) is 4.35. The van der Waals surface area contributed by atoms with Crippen LogP contribution < -0.4 is 0 Å². The number of fused-ring (bicyclic) bond motifs is 3. The molecule has 0 fully saturated rings. The zero-order valence-corrected chi connectivity index (χ0v) is 10.2. The van der Waals surface area contributed by atoms with Crippen molar-refractivity contribution in [2.45, 2.75) is 6.92 Å². The summed E-state index contributed by atoms with van der Waals surface area (Å²) in [5.74, 6) is 0.0348. The van der Waals surface area contributed by atoms with E-state index in [4.69, 9.17) is 0 Å². The van der Waals surface area contributed by atoms with Crippen LogP contribution in [0.4, 0.5) is 0 Å². The van der Waals surface area contributed by atoms with Crippen LogP contribution in [0.1, 0.15) is 17.3 Å². The third-order valence-corrected chi connectivity index (χ3v) is 3.25. The SMILES string of the molecule is C=Cc1ccc2c(c1)c1ccccc1n2C(C)=O. The third kappa shape index (κ3) is 1.39. The second kappa shape index (κ2) is 3.84. The smallest absolute Gasteiger partial charge is 0.228 e. The molecule has 3 aromatic rings. The van der Waals surface area contributed by atoms with Crippen LogP contribution in [0.2, 0.25) is 0 Å². The lowest BCUT2D eigenvalue weighted by Crippen LogP contribution is -2.04. The highest BCUT2D eigenvalue weighted by atomic mass is 16.1. The number of para-hydroxylation sites is 1. The summed E-state index contributed by atoms with van der Waals surface area (Å²) in [5.41, 5.74) is 2.98. The zero-order valence-electron chi connectivity index (χ0n) is 10.2. The highest BCUT2D eigenvalue weighted by Crippen LogP contribution is 2.29. The highest BCUT2D eigenvalue weighted by molar-refractivity contribution is 6.13. The number of hydrogen-bond acceptors (Lipinski definition) is 1. The standard InChI is InChI=1S/C16H13NO/c1-3-12-8-9-16-14(10-12)13-6-4-5-7-15(13)17(16)11(2)18/h3-10H,1H2,2H3. The molecule has 0 aliphatic carbocycles. The van der Waals surface area contributed by atoms with E-state index in [2.05, 4.69) is 12.6 Å². The maximum atomic E-state index is 11.8. The zero-order chi connectivity index (χ0) is 12.7. The summed E-state index contributed by atoms with van der Waals surface area (Å²) in [4.78, 5) is 11.8. The minimum absolute atomic E-state index is 0.0348. The minimum atomic E-state index is 0.0348. The topological polar surface area (TPSA) is 22.0 Å². The first-order valence-corrected chi connectivity index (χ1v) is 5.89. The summed E-state index contributed by atoms with van der Waals surface area (Å²) in [7, 11) is 0. The average molecular weight is 235 g/mol. The molecule has 0 unspecified atom stereocenters. The molecule has 1 aromatic heterocycles. The van der Waals surface area contributed by atoms with Gasteiger partial charge in [-0.25, -0.2) is 0 Å². The lowest BCUT2D eigenvalue weighted by Gasteiger charge is -2.01. The molecule has 0 aliphatic rings. The summed E-state index contributed by atoms with van der Waals surface area (Å²) >= 11 is 0. The summed E-state index contributed by atoms with van der Waals surface area (Å²) in [6.07, 6.45) is 1.82. The van der Waals surface area contributed by atoms with Gasteiger partial charge in [0, 0.05) is 17.7 Å². The van der Waals surface area contributed by atoms with Crippen molar-refractivity contribution in [2.75, 3.05) is 0 Å². The lowest BCUT2D eigenvalue weighted by molar-refractivity contribution is 0.0946. The fourth-order valence-electron chi connectivity index (χ4n) is 2.46. The summed E-state index contributed by atoms with van der Waals surface area (Å²) in [6.45, 7) is 5.38. The largest absolute Gasteiger partial charge is 0.280 e. The molecule has 0 bridgehead atoms. The van der Waals surface area contributed by atoms with E-state index in [1.807, 2.05) is 42.5 Å². The van der Waals surface area contributed by atoms with Crippen LogP contribution in [-0.4, -0.2) is 10.5 Å². The van der Waals surface area contributed by atoms with Crippen molar-refractivity contribution in [2.24, 2.45) is 0 Å². The fraction of sp³-hybridized carbons (Fsp3) is 0.0625. The average Bonchev–Trinajstić information content (AvgIpc) is 2.72. The quantitative estimate of drug-likeness (QED) is 0.622. The van der Waals surface area contributed by atoms with Gasteiger partial charge in [0.05, 0.1) is 11.0 Å². The van der Waals surface area contributed by atoms with E-state index in [-0.39, 0.29) is 5.91 Å². The van der Waals surface area contributed by atoms with Crippen molar-refractivity contribution in [3.63, 3.8) is 0 Å². The van der Waals surface area contributed by atoms with Crippen LogP contribution in [0.15, 0.2) is 49.0 Å². The van der Waals surface area contributed by atoms with E-state index in [9.17, 15) is 4.79 Å². The Labute approximate surface area is 105 Å². The maximum absolute atomic E-state index is 11.8. The molecule has 0 aliphatic heterocycles. The number of hydrogen-bond donors (Lipinski definition) is 0. The first-order valence-electron chi connectivity index (χ1n) is 5.89. The van der Waals surface area contributed by atoms with E-state index < -0.39 is 0 Å². The molecule has 18 heavy (non-hydrogen) atoms. The number of carbonyl (C=O) groups excluding carboxylic acids is 1. The first-order chi connectivity index (χ1) is 8.72. The minimum Gasteiger partial charge on any atom is -0.280 e. The van der Waals surface area contributed by atoms with E-state index >= 15 is 0 Å². The van der Waals surface area contributed by atoms with Gasteiger partial charge in [0.15, 0.2) is 0 Å². The Hall–Kier alpha value is -2.35. The van der Waals surface area contributed by atoms with Crippen LogP contribution >= 0.6 is 0 Å². The molecule has 0 saturated heterocycles. The van der Waals surface area contributed by atoms with Gasteiger partial charge in [0.2, 0.25) is 5.91 Å². The summed E-state index contributed by atoms with van der Waals surface area (Å²) < 4.78 is 1.76. The van der Waals surface area contributed by atoms with Crippen LogP contribution in [-0.2, 0) is 0 Å². The van der Waals surface area contributed by atoms with Gasteiger partial charge >= 0.3 is 0 Å². The Kier molecular flexibility index (Phi) is 2.30. The van der Waals surface area contributed by atoms with Crippen LogP contribution in [0.5, 0.6) is 0 Å². The van der Waals surface area contributed by atoms with Crippen LogP contribution in [0, 0.1) is 0 Å². The predicted octanol–water partition coefficient (Wildman–Crippen LogP) is 4.10. The molecular formula is C16H13NO. The molecule has 3 rings (SSSR count). The van der Waals surface area contributed by atoms with Crippen molar-refractivity contribution >= 4 is 33.8 Å². The fourth-order valence-corrected chi connectivity index (χ4v) is 2.46. The Bertz CT molecular complexity index is 780. The Balaban J connectivity index is 2.57. The van der Waals surface area contributed by atoms with E-state index in [1.165, 1.54) is 0 Å². The molecule has 2 nitrogen and oxygen atoms in total. The third-order valence-electron chi connectivity index (χ3n) is 3.25. The van der Waals surface area contributed by atoms with Crippen molar-refractivity contribution in [1.82, 2.24) is 4.57 Å². The van der Waals surface area contributed by atoms with Gasteiger partial charge in [-0.1, -0.05) is 36.9 Å². The molecule has 0 amide bonds. The van der Waals surface area contributed by atoms with E-state index in [1.54, 1.807) is 11.5 Å². The molecular weight excluding hydrogens is 222 g/mol. The van der Waals surface area contributed by atoms with Gasteiger partial charge in [-0.15, -0.1) is 0 Å². The Morgan fingerprint density at radius 3 is 2.56 bits per heavy atom. The highest BCUT2D eigenvalue weighted by Gasteiger charge is 2.12. The van der Waals surface area contributed by atoms with Gasteiger partial charge in [-0.05, 0) is 23.8 Å². The predicted molar refractivity (Wildman–Crippen MR) is 75.8 cm³/mol. The van der Waals surface area contributed by atoms with Gasteiger partial charge in [0.1, 0.15) is 0 Å². The van der Waals surface area contributed by atoms with Gasteiger partial charge < -0.3 is 0 Å². The Morgan fingerprint density at radius 2 is 1.83 bits per heavy atom. The molecule has 0 atom stereocenters. The molecule has 0 radical (unpaired) electrons. The monoisotopic (exact) mass is 235 g/mol. The molecule has 0 spiro atoms. The molecule has 2 aromatic carbocycles. The van der Waals surface area contributed by atoms with Gasteiger partial charge in [-0.3, -0.25) is 9.36 Å². The lowest BCUT2D eigenvalue weighted by atomic mass is 10.1. The molecule has 88 valence electrons. The van der Waals surface area contributed by atoms with Crippen LogP contribution in [0.3, 0.4) is 0 Å². The molecule has 1 heterocycles. The first kappa shape index (κ1) is 10.8.